The lowest BCUT2D eigenvalue weighted by molar-refractivity contribution is 1.36. The van der Waals surface area contributed by atoms with Gasteiger partial charge in [0.15, 0.2) is 5.13 Å². The molecule has 0 saturated carbocycles. The first-order valence-electron chi connectivity index (χ1n) is 6.38. The molecule has 5 heteroatoms. The largest absolute Gasteiger partial charge is 0.331 e. The number of nitrogens with zero attached hydrogens (tertiary/aromatic N) is 1. The maximum atomic E-state index is 6.02. The van der Waals surface area contributed by atoms with Crippen molar-refractivity contribution in [3.05, 3.63) is 63.5 Å². The molecule has 1 heterocycles. The zero-order chi connectivity index (χ0) is 14.8. The molecule has 0 aliphatic carbocycles. The quantitative estimate of drug-likeness (QED) is 0.619. The third-order valence-electron chi connectivity index (χ3n) is 3.01. The van der Waals surface area contributed by atoms with Crippen LogP contribution in [0.4, 0.5) is 10.8 Å². The molecular formula is C16H12Cl2N2S. The van der Waals surface area contributed by atoms with Gasteiger partial charge in [0.1, 0.15) is 0 Å². The molecule has 0 aliphatic rings. The van der Waals surface area contributed by atoms with Crippen LogP contribution < -0.4 is 5.32 Å². The van der Waals surface area contributed by atoms with E-state index in [0.29, 0.717) is 10.0 Å². The van der Waals surface area contributed by atoms with Crippen LogP contribution in [-0.4, -0.2) is 4.98 Å². The molecule has 0 atom stereocenters. The molecule has 2 nitrogen and oxygen atoms in total. The maximum absolute atomic E-state index is 6.02. The lowest BCUT2D eigenvalue weighted by Crippen LogP contribution is -1.89. The van der Waals surface area contributed by atoms with Crippen molar-refractivity contribution >= 4 is 45.4 Å². The van der Waals surface area contributed by atoms with E-state index in [-0.39, 0.29) is 0 Å². The molecule has 1 N–H and O–H groups in total. The molecule has 0 aliphatic heterocycles. The average molecular weight is 335 g/mol. The van der Waals surface area contributed by atoms with Crippen LogP contribution in [-0.2, 0) is 0 Å². The van der Waals surface area contributed by atoms with Crippen molar-refractivity contribution in [3.63, 3.8) is 0 Å². The lowest BCUT2D eigenvalue weighted by Gasteiger charge is -2.03. The summed E-state index contributed by atoms with van der Waals surface area (Å²) in [5.41, 5.74) is 2.99. The molecule has 0 spiro atoms. The normalized spacial score (nSPS) is 10.6. The number of hydrogen-bond donors (Lipinski definition) is 1. The van der Waals surface area contributed by atoms with Crippen molar-refractivity contribution < 1.29 is 0 Å². The van der Waals surface area contributed by atoms with Crippen LogP contribution >= 0.6 is 34.5 Å². The Morgan fingerprint density at radius 1 is 1.00 bits per heavy atom. The van der Waals surface area contributed by atoms with E-state index in [9.17, 15) is 0 Å². The van der Waals surface area contributed by atoms with Gasteiger partial charge in [-0.05, 0) is 25.1 Å². The summed E-state index contributed by atoms with van der Waals surface area (Å²) in [4.78, 5) is 5.83. The lowest BCUT2D eigenvalue weighted by atomic mass is 10.1. The van der Waals surface area contributed by atoms with Crippen LogP contribution in [0.5, 0.6) is 0 Å². The van der Waals surface area contributed by atoms with Gasteiger partial charge in [-0.1, -0.05) is 53.5 Å². The van der Waals surface area contributed by atoms with Gasteiger partial charge in [-0.15, -0.1) is 11.3 Å². The molecule has 106 valence electrons. The van der Waals surface area contributed by atoms with Gasteiger partial charge in [0, 0.05) is 16.1 Å². The van der Waals surface area contributed by atoms with E-state index in [4.69, 9.17) is 23.2 Å². The highest BCUT2D eigenvalue weighted by Crippen LogP contribution is 2.33. The van der Waals surface area contributed by atoms with Crippen molar-refractivity contribution in [2.45, 2.75) is 6.92 Å². The summed E-state index contributed by atoms with van der Waals surface area (Å²) < 4.78 is 0. The van der Waals surface area contributed by atoms with Crippen LogP contribution in [0.1, 0.15) is 4.88 Å². The molecule has 0 saturated heterocycles. The Labute approximate surface area is 137 Å². The first-order chi connectivity index (χ1) is 10.1. The molecule has 2 aromatic carbocycles. The van der Waals surface area contributed by atoms with Crippen molar-refractivity contribution in [3.8, 4) is 11.3 Å². The van der Waals surface area contributed by atoms with Gasteiger partial charge in [0.25, 0.3) is 0 Å². The van der Waals surface area contributed by atoms with E-state index in [0.717, 1.165) is 22.1 Å². The molecule has 21 heavy (non-hydrogen) atoms. The predicted octanol–water partition coefficient (Wildman–Crippen LogP) is 6.17. The van der Waals surface area contributed by atoms with Crippen LogP contribution in [0.15, 0.2) is 48.5 Å². The SMILES string of the molecule is Cc1sc(Nc2ccc(Cl)c(Cl)c2)nc1-c1ccccc1. The standard InChI is InChI=1S/C16H12Cl2N2S/c1-10-15(11-5-3-2-4-6-11)20-16(21-10)19-12-7-8-13(17)14(18)9-12/h2-9H,1H3,(H,19,20). The number of anilines is 2. The Bertz CT molecular complexity index is 769. The highest BCUT2D eigenvalue weighted by molar-refractivity contribution is 7.16. The number of hydrogen-bond acceptors (Lipinski definition) is 3. The minimum atomic E-state index is 0.526. The Hall–Kier alpha value is -1.55. The van der Waals surface area contributed by atoms with Crippen LogP contribution in [0, 0.1) is 6.92 Å². The average Bonchev–Trinajstić information content (AvgIpc) is 2.84. The predicted molar refractivity (Wildman–Crippen MR) is 92.0 cm³/mol. The molecular weight excluding hydrogens is 323 g/mol. The van der Waals surface area contributed by atoms with Gasteiger partial charge in [0.2, 0.25) is 0 Å². The molecule has 0 fully saturated rings. The second-order valence-electron chi connectivity index (χ2n) is 4.54. The summed E-state index contributed by atoms with van der Waals surface area (Å²) in [7, 11) is 0. The van der Waals surface area contributed by atoms with Gasteiger partial charge in [-0.3, -0.25) is 0 Å². The van der Waals surface area contributed by atoms with Crippen molar-refractivity contribution in [1.29, 1.82) is 0 Å². The maximum Gasteiger partial charge on any atom is 0.187 e. The first-order valence-corrected chi connectivity index (χ1v) is 7.95. The molecule has 1 aromatic heterocycles. The Morgan fingerprint density at radius 3 is 2.48 bits per heavy atom. The number of halogens is 2. The number of thiazole rings is 1. The van der Waals surface area contributed by atoms with E-state index in [2.05, 4.69) is 29.4 Å². The van der Waals surface area contributed by atoms with Crippen molar-refractivity contribution in [1.82, 2.24) is 4.98 Å². The van der Waals surface area contributed by atoms with E-state index in [1.54, 1.807) is 23.5 Å². The zero-order valence-electron chi connectivity index (χ0n) is 11.2. The second kappa shape index (κ2) is 6.06. The molecule has 0 amide bonds. The van der Waals surface area contributed by atoms with Crippen LogP contribution in [0.2, 0.25) is 10.0 Å². The fourth-order valence-corrected chi connectivity index (χ4v) is 3.17. The van der Waals surface area contributed by atoms with E-state index >= 15 is 0 Å². The summed E-state index contributed by atoms with van der Waals surface area (Å²) in [5, 5.41) is 5.18. The topological polar surface area (TPSA) is 24.9 Å². The van der Waals surface area contributed by atoms with Gasteiger partial charge in [0.05, 0.1) is 15.7 Å². The van der Waals surface area contributed by atoms with E-state index in [1.807, 2.05) is 24.3 Å². The number of benzene rings is 2. The minimum absolute atomic E-state index is 0.526. The summed E-state index contributed by atoms with van der Waals surface area (Å²) in [5.74, 6) is 0. The number of rotatable bonds is 3. The Balaban J connectivity index is 1.89. The second-order valence-corrected chi connectivity index (χ2v) is 6.56. The van der Waals surface area contributed by atoms with Crippen LogP contribution in [0.3, 0.4) is 0 Å². The first kappa shape index (κ1) is 14.4. The smallest absolute Gasteiger partial charge is 0.187 e. The molecule has 0 bridgehead atoms. The highest BCUT2D eigenvalue weighted by atomic mass is 35.5. The van der Waals surface area contributed by atoms with Gasteiger partial charge in [-0.2, -0.15) is 0 Å². The van der Waals surface area contributed by atoms with E-state index < -0.39 is 0 Å². The minimum Gasteiger partial charge on any atom is -0.331 e. The number of aromatic nitrogens is 1. The van der Waals surface area contributed by atoms with Gasteiger partial charge < -0.3 is 5.32 Å². The third-order valence-corrected chi connectivity index (χ3v) is 4.64. The van der Waals surface area contributed by atoms with Crippen molar-refractivity contribution in [2.24, 2.45) is 0 Å². The van der Waals surface area contributed by atoms with Crippen molar-refractivity contribution in [2.75, 3.05) is 5.32 Å². The Morgan fingerprint density at radius 2 is 1.76 bits per heavy atom. The summed E-state index contributed by atoms with van der Waals surface area (Å²) in [6.45, 7) is 2.07. The van der Waals surface area contributed by atoms with Crippen LogP contribution in [0.25, 0.3) is 11.3 Å². The monoisotopic (exact) mass is 334 g/mol. The molecule has 3 aromatic rings. The summed E-state index contributed by atoms with van der Waals surface area (Å²) in [6, 6.07) is 15.6. The summed E-state index contributed by atoms with van der Waals surface area (Å²) in [6.07, 6.45) is 0. The molecule has 0 unspecified atom stereocenters. The zero-order valence-corrected chi connectivity index (χ0v) is 13.6. The molecule has 0 radical (unpaired) electrons. The fraction of sp³-hybridized carbons (Fsp3) is 0.0625. The highest BCUT2D eigenvalue weighted by Gasteiger charge is 2.10. The van der Waals surface area contributed by atoms with E-state index in [1.165, 1.54) is 4.88 Å². The summed E-state index contributed by atoms with van der Waals surface area (Å²) >= 11 is 13.6. The number of aryl methyl sites for hydroxylation is 1. The number of nitrogens with one attached hydrogen (secondary N) is 1. The van der Waals surface area contributed by atoms with Gasteiger partial charge in [-0.25, -0.2) is 4.98 Å². The molecule has 3 rings (SSSR count). The Kier molecular flexibility index (Phi) is 4.15. The fourth-order valence-electron chi connectivity index (χ4n) is 2.01. The third kappa shape index (κ3) is 3.21. The van der Waals surface area contributed by atoms with Gasteiger partial charge >= 0.3 is 0 Å².